The Kier molecular flexibility index (Phi) is 8.86. The van der Waals surface area contributed by atoms with Crippen LogP contribution >= 0.6 is 34.8 Å². The number of carbonyl (C=O) groups excluding carboxylic acids is 1. The van der Waals surface area contributed by atoms with Crippen molar-refractivity contribution in [2.45, 2.75) is 26.8 Å². The predicted octanol–water partition coefficient (Wildman–Crippen LogP) is 5.96. The number of nitrogens with two attached hydrogens (primary N) is 1. The van der Waals surface area contributed by atoms with Gasteiger partial charge < -0.3 is 20.9 Å². The molecule has 1 fully saturated rings. The molecule has 45 heavy (non-hydrogen) atoms. The number of piperazine rings is 1. The molecule has 1 aromatic carbocycles. The van der Waals surface area contributed by atoms with Gasteiger partial charge in [-0.25, -0.2) is 13.8 Å². The highest BCUT2D eigenvalue weighted by molar-refractivity contribution is 6.43. The van der Waals surface area contributed by atoms with E-state index in [0.29, 0.717) is 29.7 Å². The first kappa shape index (κ1) is 32.3. The maximum atomic E-state index is 15.6. The van der Waals surface area contributed by atoms with E-state index in [0.717, 1.165) is 0 Å². The Balaban J connectivity index is 1.90. The summed E-state index contributed by atoms with van der Waals surface area (Å²) in [6, 6.07) is 3.14. The number of hydrogen-bond acceptors (Lipinski definition) is 7. The first-order chi connectivity index (χ1) is 21.3. The van der Waals surface area contributed by atoms with Gasteiger partial charge in [-0.05, 0) is 42.8 Å². The number of nitrogens with zero attached hydrogens (tertiary/aromatic N) is 5. The number of nitrogen functional groups attached to an aromatic ring is 1. The van der Waals surface area contributed by atoms with Gasteiger partial charge in [0, 0.05) is 31.6 Å². The molecule has 0 aliphatic carbocycles. The first-order valence-electron chi connectivity index (χ1n) is 13.9. The fraction of sp³-hybridized carbons (Fsp3) is 0.290. The lowest BCUT2D eigenvalue weighted by atomic mass is 9.94. The zero-order valence-electron chi connectivity index (χ0n) is 24.5. The molecule has 2 aromatic heterocycles. The van der Waals surface area contributed by atoms with E-state index < -0.39 is 38.5 Å². The summed E-state index contributed by atoms with van der Waals surface area (Å²) >= 11 is 18.6. The number of benzene rings is 1. The van der Waals surface area contributed by atoms with Gasteiger partial charge >= 0.3 is 0 Å². The number of allylic oxidation sites excluding steroid dienone is 2. The summed E-state index contributed by atoms with van der Waals surface area (Å²) in [6.07, 6.45) is 4.78. The third kappa shape index (κ3) is 5.31. The molecular formula is C31H28Cl3F2N7O2. The molecule has 1 saturated heterocycles. The van der Waals surface area contributed by atoms with Crippen LogP contribution in [0.2, 0.25) is 15.1 Å². The Morgan fingerprint density at radius 3 is 2.44 bits per heavy atom. The van der Waals surface area contributed by atoms with Gasteiger partial charge in [0.1, 0.15) is 22.3 Å². The molecule has 0 spiro atoms. The van der Waals surface area contributed by atoms with Gasteiger partial charge in [0.15, 0.2) is 11.6 Å². The van der Waals surface area contributed by atoms with Crippen LogP contribution in [0.5, 0.6) is 0 Å². The number of fused-ring (bicyclic) bond motifs is 1. The molecule has 1 atom stereocenters. The summed E-state index contributed by atoms with van der Waals surface area (Å²) in [5, 5.41) is 12.4. The molecule has 234 valence electrons. The maximum Gasteiger partial charge on any atom is 0.276 e. The average Bonchev–Trinajstić information content (AvgIpc) is 3.02. The molecule has 0 radical (unpaired) electrons. The summed E-state index contributed by atoms with van der Waals surface area (Å²) in [6.45, 7) is 10.5. The zero-order chi connectivity index (χ0) is 32.9. The van der Waals surface area contributed by atoms with Crippen molar-refractivity contribution in [3.8, 4) is 17.3 Å². The third-order valence-corrected chi connectivity index (χ3v) is 9.12. The van der Waals surface area contributed by atoms with Gasteiger partial charge in [0.2, 0.25) is 5.91 Å². The van der Waals surface area contributed by atoms with E-state index in [1.165, 1.54) is 16.7 Å². The van der Waals surface area contributed by atoms with Crippen LogP contribution in [-0.4, -0.2) is 52.6 Å². The summed E-state index contributed by atoms with van der Waals surface area (Å²) in [5.41, 5.74) is 5.20. The fourth-order valence-corrected chi connectivity index (χ4v) is 6.37. The highest BCUT2D eigenvalue weighted by Gasteiger charge is 2.33. The smallest absolute Gasteiger partial charge is 0.276 e. The van der Waals surface area contributed by atoms with Crippen molar-refractivity contribution in [2.24, 2.45) is 5.92 Å². The Labute approximate surface area is 272 Å². The zero-order valence-corrected chi connectivity index (χ0v) is 26.8. The minimum atomic E-state index is -1.15. The van der Waals surface area contributed by atoms with Crippen LogP contribution < -0.4 is 21.5 Å². The Morgan fingerprint density at radius 1 is 1.20 bits per heavy atom. The molecule has 5 rings (SSSR count). The lowest BCUT2D eigenvalue weighted by molar-refractivity contribution is -0.126. The topological polar surface area (TPSA) is 120 Å². The molecule has 2 aliphatic heterocycles. The van der Waals surface area contributed by atoms with Crippen molar-refractivity contribution in [1.29, 1.82) is 5.26 Å². The molecule has 1 unspecified atom stereocenters. The van der Waals surface area contributed by atoms with E-state index in [9.17, 15) is 19.2 Å². The largest absolute Gasteiger partial charge is 0.396 e. The number of halogens is 5. The van der Waals surface area contributed by atoms with Crippen LogP contribution in [0.4, 0.5) is 20.2 Å². The number of anilines is 2. The molecule has 1 amide bonds. The van der Waals surface area contributed by atoms with Gasteiger partial charge in [-0.1, -0.05) is 55.2 Å². The molecule has 3 N–H and O–H groups in total. The SMILES string of the molecule is C=CC(=O)N1CCN(c2c(C#N)c(=O)n(C3=C(C)C=CNC3C(C)C)c3nc(-c4c(N)c(F)c(Cl)c(Cl)c4F)c(Cl)cc23)CC1. The number of hydrogen-bond donors (Lipinski definition) is 2. The van der Waals surface area contributed by atoms with Crippen LogP contribution in [0, 0.1) is 28.9 Å². The summed E-state index contributed by atoms with van der Waals surface area (Å²) < 4.78 is 31.9. The summed E-state index contributed by atoms with van der Waals surface area (Å²) in [7, 11) is 0. The monoisotopic (exact) mass is 673 g/mol. The van der Waals surface area contributed by atoms with Crippen molar-refractivity contribution >= 4 is 68.8 Å². The number of nitriles is 1. The van der Waals surface area contributed by atoms with Gasteiger partial charge in [0.25, 0.3) is 5.56 Å². The standard InChI is InChI=1S/C31H28Cl3F2N7O2/c1-5-19(44)41-8-10-42(11-9-41)29-16-12-18(32)27(20-23(35)21(33)22(34)24(36)25(20)38)40-30(16)43(31(45)17(29)13-37)28-15(4)6-7-39-26(28)14(2)3/h5-7,12,14,26,39H,1,8-11,38H2,2-4H3. The normalized spacial score (nSPS) is 16.8. The van der Waals surface area contributed by atoms with Gasteiger partial charge in [-0.15, -0.1) is 0 Å². The molecule has 0 bridgehead atoms. The Bertz CT molecular complexity index is 1910. The van der Waals surface area contributed by atoms with E-state index in [4.69, 9.17) is 40.5 Å². The fourth-order valence-electron chi connectivity index (χ4n) is 5.77. The number of nitrogens with one attached hydrogen (secondary N) is 1. The van der Waals surface area contributed by atoms with Crippen LogP contribution in [0.25, 0.3) is 28.0 Å². The van der Waals surface area contributed by atoms with Crippen molar-refractivity contribution in [3.63, 3.8) is 0 Å². The number of dihydropyridines is 1. The molecule has 3 aromatic rings. The quantitative estimate of drug-likeness (QED) is 0.148. The molecule has 2 aliphatic rings. The minimum absolute atomic E-state index is 0.0217. The molecule has 4 heterocycles. The second kappa shape index (κ2) is 12.4. The van der Waals surface area contributed by atoms with Crippen molar-refractivity contribution in [3.05, 3.63) is 79.2 Å². The highest BCUT2D eigenvalue weighted by Crippen LogP contribution is 2.44. The number of carbonyl (C=O) groups is 1. The summed E-state index contributed by atoms with van der Waals surface area (Å²) in [4.78, 5) is 34.7. The summed E-state index contributed by atoms with van der Waals surface area (Å²) in [5.74, 6) is -2.55. The van der Waals surface area contributed by atoms with Gasteiger partial charge in [-0.3, -0.25) is 14.2 Å². The Hall–Kier alpha value is -4.11. The van der Waals surface area contributed by atoms with Crippen molar-refractivity contribution in [1.82, 2.24) is 19.8 Å². The van der Waals surface area contributed by atoms with Crippen LogP contribution in [0.1, 0.15) is 26.3 Å². The molecule has 14 heteroatoms. The molecule has 0 saturated carbocycles. The van der Waals surface area contributed by atoms with Crippen LogP contribution in [0.3, 0.4) is 0 Å². The van der Waals surface area contributed by atoms with Crippen LogP contribution in [0.15, 0.2) is 41.4 Å². The third-order valence-electron chi connectivity index (χ3n) is 8.03. The van der Waals surface area contributed by atoms with Gasteiger partial charge in [-0.2, -0.15) is 5.26 Å². The van der Waals surface area contributed by atoms with Gasteiger partial charge in [0.05, 0.1) is 44.4 Å². The average molecular weight is 675 g/mol. The highest BCUT2D eigenvalue weighted by atomic mass is 35.5. The predicted molar refractivity (Wildman–Crippen MR) is 174 cm³/mol. The number of rotatable bonds is 5. The lowest BCUT2D eigenvalue weighted by Gasteiger charge is -2.37. The second-order valence-corrected chi connectivity index (χ2v) is 12.2. The number of amides is 1. The van der Waals surface area contributed by atoms with Crippen molar-refractivity contribution < 1.29 is 13.6 Å². The number of pyridine rings is 2. The number of aromatic nitrogens is 2. The van der Waals surface area contributed by atoms with E-state index in [1.807, 2.05) is 25.7 Å². The maximum absolute atomic E-state index is 15.6. The van der Waals surface area contributed by atoms with Crippen molar-refractivity contribution in [2.75, 3.05) is 36.8 Å². The van der Waals surface area contributed by atoms with E-state index in [2.05, 4.69) is 22.9 Å². The second-order valence-electron chi connectivity index (χ2n) is 11.0. The minimum Gasteiger partial charge on any atom is -0.396 e. The molecular weight excluding hydrogens is 647 g/mol. The van der Waals surface area contributed by atoms with Crippen LogP contribution in [-0.2, 0) is 4.79 Å². The Morgan fingerprint density at radius 2 is 1.84 bits per heavy atom. The lowest BCUT2D eigenvalue weighted by Crippen LogP contribution is -2.49. The van der Waals surface area contributed by atoms with E-state index in [1.54, 1.807) is 17.2 Å². The molecule has 9 nitrogen and oxygen atoms in total. The van der Waals surface area contributed by atoms with E-state index >= 15 is 4.39 Å². The van der Waals surface area contributed by atoms with E-state index in [-0.39, 0.29) is 58.6 Å². The first-order valence-corrected chi connectivity index (χ1v) is 15.1.